The summed E-state index contributed by atoms with van der Waals surface area (Å²) in [6.45, 7) is 2.88. The number of nitrogens with one attached hydrogen (secondary N) is 2. The van der Waals surface area contributed by atoms with E-state index in [2.05, 4.69) is 10.6 Å². The molecular formula is C14H19N3O5. The molecule has 8 heteroatoms. The van der Waals surface area contributed by atoms with Gasteiger partial charge in [0.25, 0.3) is 11.9 Å². The normalized spacial score (nSPS) is 17.8. The lowest BCUT2D eigenvalue weighted by Crippen LogP contribution is -2.58. The first kappa shape index (κ1) is 15.9. The Kier molecular flexibility index (Phi) is 5.03. The fraction of sp³-hybridized carbons (Fsp3) is 0.500. The fourth-order valence-corrected chi connectivity index (χ4v) is 2.23. The first-order valence-electron chi connectivity index (χ1n) is 7.08. The summed E-state index contributed by atoms with van der Waals surface area (Å²) in [6.07, 6.45) is -0.0902. The predicted molar refractivity (Wildman–Crippen MR) is 76.4 cm³/mol. The Hall–Kier alpha value is -2.51. The average molecular weight is 309 g/mol. The van der Waals surface area contributed by atoms with Crippen molar-refractivity contribution in [2.45, 2.75) is 19.4 Å². The third-order valence-electron chi connectivity index (χ3n) is 3.33. The van der Waals surface area contributed by atoms with Crippen molar-refractivity contribution < 1.29 is 23.5 Å². The second-order valence-electron chi connectivity index (χ2n) is 4.73. The van der Waals surface area contributed by atoms with Crippen molar-refractivity contribution in [1.82, 2.24) is 15.5 Å². The van der Waals surface area contributed by atoms with Gasteiger partial charge in [-0.2, -0.15) is 0 Å². The fourth-order valence-electron chi connectivity index (χ4n) is 2.23. The van der Waals surface area contributed by atoms with Gasteiger partial charge in [0, 0.05) is 26.2 Å². The van der Waals surface area contributed by atoms with Crippen LogP contribution in [0.3, 0.4) is 0 Å². The van der Waals surface area contributed by atoms with Crippen molar-refractivity contribution in [2.24, 2.45) is 0 Å². The first-order chi connectivity index (χ1) is 10.6. The average Bonchev–Trinajstić information content (AvgIpc) is 2.97. The molecule has 120 valence electrons. The molecule has 1 aliphatic rings. The maximum Gasteiger partial charge on any atom is 0.290 e. The van der Waals surface area contributed by atoms with E-state index in [1.807, 2.05) is 0 Å². The summed E-state index contributed by atoms with van der Waals surface area (Å²) in [7, 11) is 1.48. The largest absolute Gasteiger partial charge is 0.465 e. The van der Waals surface area contributed by atoms with Gasteiger partial charge in [-0.05, 0) is 13.0 Å². The van der Waals surface area contributed by atoms with Crippen LogP contribution < -0.4 is 15.4 Å². The smallest absolute Gasteiger partial charge is 0.290 e. The third-order valence-corrected chi connectivity index (χ3v) is 3.33. The van der Waals surface area contributed by atoms with Gasteiger partial charge >= 0.3 is 0 Å². The molecule has 0 bridgehead atoms. The highest BCUT2D eigenvalue weighted by molar-refractivity contribution is 5.98. The van der Waals surface area contributed by atoms with Gasteiger partial charge in [0.15, 0.2) is 5.76 Å². The van der Waals surface area contributed by atoms with Crippen LogP contribution in [0.4, 0.5) is 0 Å². The van der Waals surface area contributed by atoms with Crippen LogP contribution >= 0.6 is 0 Å². The Morgan fingerprint density at radius 3 is 2.95 bits per heavy atom. The minimum Gasteiger partial charge on any atom is -0.465 e. The molecule has 1 aromatic rings. The molecule has 2 rings (SSSR count). The maximum absolute atomic E-state index is 12.5. The minimum absolute atomic E-state index is 0.0834. The number of nitrogens with zero attached hydrogens (tertiary/aromatic N) is 1. The van der Waals surface area contributed by atoms with E-state index in [1.165, 1.54) is 18.0 Å². The monoisotopic (exact) mass is 309 g/mol. The number of furan rings is 1. The highest BCUT2D eigenvalue weighted by Gasteiger charge is 2.36. The van der Waals surface area contributed by atoms with E-state index in [4.69, 9.17) is 9.15 Å². The summed E-state index contributed by atoms with van der Waals surface area (Å²) in [5.74, 6) is -0.765. The molecule has 1 atom stereocenters. The molecule has 0 radical (unpaired) electrons. The number of rotatable bonds is 5. The molecule has 1 aromatic heterocycles. The van der Waals surface area contributed by atoms with Gasteiger partial charge in [-0.3, -0.25) is 14.4 Å². The molecule has 0 saturated carbocycles. The molecule has 1 aliphatic heterocycles. The molecule has 1 unspecified atom stereocenters. The first-order valence-corrected chi connectivity index (χ1v) is 7.08. The molecule has 1 saturated heterocycles. The Morgan fingerprint density at radius 2 is 2.27 bits per heavy atom. The zero-order valence-electron chi connectivity index (χ0n) is 12.5. The van der Waals surface area contributed by atoms with Crippen LogP contribution in [0.1, 0.15) is 23.9 Å². The molecule has 3 amide bonds. The number of piperazine rings is 1. The molecule has 2 heterocycles. The van der Waals surface area contributed by atoms with Crippen molar-refractivity contribution in [3.05, 3.63) is 17.9 Å². The zero-order valence-corrected chi connectivity index (χ0v) is 12.5. The number of carbonyl (C=O) groups is 3. The third kappa shape index (κ3) is 3.38. The van der Waals surface area contributed by atoms with Gasteiger partial charge in [-0.1, -0.05) is 0 Å². The number of amides is 3. The van der Waals surface area contributed by atoms with E-state index in [-0.39, 0.29) is 29.9 Å². The SMILES string of the molecule is CCOc1ccc(C(=O)N2CCNC(=O)C2CC(=O)NC)o1. The Bertz CT molecular complexity index is 569. The van der Waals surface area contributed by atoms with E-state index in [9.17, 15) is 14.4 Å². The lowest BCUT2D eigenvalue weighted by atomic mass is 10.1. The molecule has 2 N–H and O–H groups in total. The Balaban J connectivity index is 2.16. The van der Waals surface area contributed by atoms with Gasteiger partial charge < -0.3 is 24.7 Å². The molecule has 0 aromatic carbocycles. The van der Waals surface area contributed by atoms with Crippen LogP contribution in [0, 0.1) is 0 Å². The Labute approximate surface area is 127 Å². The topological polar surface area (TPSA) is 101 Å². The highest BCUT2D eigenvalue weighted by atomic mass is 16.6. The number of ether oxygens (including phenoxy) is 1. The molecule has 1 fully saturated rings. The van der Waals surface area contributed by atoms with Crippen LogP contribution in [0.2, 0.25) is 0 Å². The molecule has 0 spiro atoms. The lowest BCUT2D eigenvalue weighted by molar-refractivity contribution is -0.132. The molecule has 22 heavy (non-hydrogen) atoms. The zero-order chi connectivity index (χ0) is 16.1. The number of carbonyl (C=O) groups excluding carboxylic acids is 3. The van der Waals surface area contributed by atoms with Crippen LogP contribution in [0.25, 0.3) is 0 Å². The molecule has 8 nitrogen and oxygen atoms in total. The van der Waals surface area contributed by atoms with E-state index >= 15 is 0 Å². The van der Waals surface area contributed by atoms with Crippen molar-refractivity contribution >= 4 is 17.7 Å². The van der Waals surface area contributed by atoms with Crippen LogP contribution in [0.15, 0.2) is 16.5 Å². The Morgan fingerprint density at radius 1 is 1.50 bits per heavy atom. The quantitative estimate of drug-likeness (QED) is 0.781. The summed E-state index contributed by atoms with van der Waals surface area (Å²) < 4.78 is 10.5. The van der Waals surface area contributed by atoms with Crippen molar-refractivity contribution in [3.8, 4) is 5.95 Å². The van der Waals surface area contributed by atoms with Gasteiger partial charge in [0.1, 0.15) is 6.04 Å². The standard InChI is InChI=1S/C14H19N3O5/c1-3-21-12-5-4-10(22-12)14(20)17-7-6-16-13(19)9(17)8-11(18)15-2/h4-5,9H,3,6-8H2,1-2H3,(H,15,18)(H,16,19). The maximum atomic E-state index is 12.5. The van der Waals surface area contributed by atoms with Crippen LogP contribution in [-0.4, -0.2) is 55.4 Å². The number of hydrogen-bond acceptors (Lipinski definition) is 5. The summed E-state index contributed by atoms with van der Waals surface area (Å²) >= 11 is 0. The van der Waals surface area contributed by atoms with E-state index in [1.54, 1.807) is 13.0 Å². The summed E-state index contributed by atoms with van der Waals surface area (Å²) in [5, 5.41) is 5.11. The van der Waals surface area contributed by atoms with Crippen molar-refractivity contribution in [1.29, 1.82) is 0 Å². The predicted octanol–water partition coefficient (Wildman–Crippen LogP) is -0.245. The molecular weight excluding hydrogens is 290 g/mol. The summed E-state index contributed by atoms with van der Waals surface area (Å²) in [5.41, 5.74) is 0. The highest BCUT2D eigenvalue weighted by Crippen LogP contribution is 2.20. The van der Waals surface area contributed by atoms with Crippen LogP contribution in [-0.2, 0) is 9.59 Å². The second kappa shape index (κ2) is 6.97. The van der Waals surface area contributed by atoms with Gasteiger partial charge in [0.05, 0.1) is 13.0 Å². The second-order valence-corrected chi connectivity index (χ2v) is 4.73. The van der Waals surface area contributed by atoms with E-state index < -0.39 is 11.9 Å². The van der Waals surface area contributed by atoms with Crippen molar-refractivity contribution in [3.63, 3.8) is 0 Å². The summed E-state index contributed by atoms with van der Waals surface area (Å²) in [6, 6.07) is 2.20. The van der Waals surface area contributed by atoms with Gasteiger partial charge in [-0.25, -0.2) is 0 Å². The molecule has 0 aliphatic carbocycles. The lowest BCUT2D eigenvalue weighted by Gasteiger charge is -2.34. The van der Waals surface area contributed by atoms with Crippen molar-refractivity contribution in [2.75, 3.05) is 26.7 Å². The van der Waals surface area contributed by atoms with E-state index in [0.717, 1.165) is 0 Å². The van der Waals surface area contributed by atoms with Crippen LogP contribution in [0.5, 0.6) is 5.95 Å². The van der Waals surface area contributed by atoms with Gasteiger partial charge in [-0.15, -0.1) is 0 Å². The minimum atomic E-state index is -0.846. The van der Waals surface area contributed by atoms with Gasteiger partial charge in [0.2, 0.25) is 11.8 Å². The van der Waals surface area contributed by atoms with E-state index in [0.29, 0.717) is 19.7 Å². The summed E-state index contributed by atoms with van der Waals surface area (Å²) in [4.78, 5) is 37.4. The number of hydrogen-bond donors (Lipinski definition) is 2.